The molecule has 2 heterocycles. The summed E-state index contributed by atoms with van der Waals surface area (Å²) >= 11 is 0. The zero-order valence-corrected chi connectivity index (χ0v) is 10.4. The Morgan fingerprint density at radius 1 is 1.53 bits per heavy atom. The summed E-state index contributed by atoms with van der Waals surface area (Å²) in [5.41, 5.74) is 0. The highest BCUT2D eigenvalue weighted by Gasteiger charge is 2.14. The monoisotopic (exact) mass is 236 g/mol. The summed E-state index contributed by atoms with van der Waals surface area (Å²) < 4.78 is 5.50. The molecule has 0 bridgehead atoms. The smallest absolute Gasteiger partial charge is 0.234 e. The van der Waals surface area contributed by atoms with Gasteiger partial charge in [0.05, 0.1) is 18.5 Å². The molecule has 1 fully saturated rings. The van der Waals surface area contributed by atoms with Crippen molar-refractivity contribution >= 4 is 5.82 Å². The van der Waals surface area contributed by atoms with Crippen molar-refractivity contribution in [3.63, 3.8) is 0 Å². The molecular weight excluding hydrogens is 216 g/mol. The van der Waals surface area contributed by atoms with Crippen LogP contribution in [0.25, 0.3) is 0 Å². The molecule has 17 heavy (non-hydrogen) atoms. The molecule has 5 heteroatoms. The maximum atomic E-state index is 5.50. The minimum absolute atomic E-state index is 0.124. The van der Waals surface area contributed by atoms with Crippen molar-refractivity contribution in [2.24, 2.45) is 5.92 Å². The van der Waals surface area contributed by atoms with Crippen LogP contribution in [-0.4, -0.2) is 35.7 Å². The Morgan fingerprint density at radius 2 is 2.41 bits per heavy atom. The quantitative estimate of drug-likeness (QED) is 0.806. The molecule has 5 nitrogen and oxygen atoms in total. The summed E-state index contributed by atoms with van der Waals surface area (Å²) in [4.78, 5) is 8.47. The highest BCUT2D eigenvalue weighted by atomic mass is 16.5. The van der Waals surface area contributed by atoms with E-state index >= 15 is 0 Å². The number of nitrogens with one attached hydrogen (secondary N) is 2. The van der Waals surface area contributed by atoms with Crippen LogP contribution < -0.4 is 15.4 Å². The molecular formula is C12H20N4O. The second kappa shape index (κ2) is 5.82. The molecule has 1 aromatic heterocycles. The molecule has 1 saturated heterocycles. The van der Waals surface area contributed by atoms with Crippen LogP contribution in [0, 0.1) is 5.92 Å². The second-order valence-corrected chi connectivity index (χ2v) is 4.65. The highest BCUT2D eigenvalue weighted by molar-refractivity contribution is 5.33. The number of anilines is 1. The van der Waals surface area contributed by atoms with Crippen LogP contribution in [0.5, 0.6) is 5.88 Å². The number of ether oxygens (including phenoxy) is 1. The van der Waals surface area contributed by atoms with E-state index in [1.807, 2.05) is 13.8 Å². The first-order valence-corrected chi connectivity index (χ1v) is 6.17. The molecule has 1 unspecified atom stereocenters. The predicted molar refractivity (Wildman–Crippen MR) is 67.3 cm³/mol. The molecule has 0 amide bonds. The lowest BCUT2D eigenvalue weighted by Gasteiger charge is -2.12. The van der Waals surface area contributed by atoms with Crippen LogP contribution in [0.3, 0.4) is 0 Å². The summed E-state index contributed by atoms with van der Waals surface area (Å²) in [6.45, 7) is 7.10. The van der Waals surface area contributed by atoms with E-state index in [-0.39, 0.29) is 6.10 Å². The van der Waals surface area contributed by atoms with E-state index in [4.69, 9.17) is 4.74 Å². The van der Waals surface area contributed by atoms with Gasteiger partial charge in [-0.3, -0.25) is 4.98 Å². The Bertz CT molecular complexity index is 350. The van der Waals surface area contributed by atoms with Gasteiger partial charge in [0, 0.05) is 6.54 Å². The molecule has 1 aliphatic rings. The second-order valence-electron chi connectivity index (χ2n) is 4.65. The van der Waals surface area contributed by atoms with Gasteiger partial charge in [0.15, 0.2) is 0 Å². The Labute approximate surface area is 102 Å². The highest BCUT2D eigenvalue weighted by Crippen LogP contribution is 2.13. The lowest BCUT2D eigenvalue weighted by Crippen LogP contribution is -2.18. The third-order valence-corrected chi connectivity index (χ3v) is 2.70. The molecule has 94 valence electrons. The van der Waals surface area contributed by atoms with Gasteiger partial charge in [-0.15, -0.1) is 0 Å². The van der Waals surface area contributed by atoms with Gasteiger partial charge in [-0.2, -0.15) is 4.98 Å². The van der Waals surface area contributed by atoms with Crippen molar-refractivity contribution in [2.75, 3.05) is 25.0 Å². The van der Waals surface area contributed by atoms with E-state index < -0.39 is 0 Å². The average molecular weight is 236 g/mol. The molecule has 0 aliphatic carbocycles. The zero-order valence-electron chi connectivity index (χ0n) is 10.4. The largest absolute Gasteiger partial charge is 0.474 e. The van der Waals surface area contributed by atoms with E-state index in [0.717, 1.165) is 25.5 Å². The maximum absolute atomic E-state index is 5.50. The Hall–Kier alpha value is -1.36. The van der Waals surface area contributed by atoms with Crippen molar-refractivity contribution in [3.8, 4) is 5.88 Å². The lowest BCUT2D eigenvalue weighted by atomic mass is 10.1. The van der Waals surface area contributed by atoms with Gasteiger partial charge in [0.25, 0.3) is 0 Å². The van der Waals surface area contributed by atoms with Crippen molar-refractivity contribution in [2.45, 2.75) is 26.4 Å². The number of rotatable bonds is 5. The minimum Gasteiger partial charge on any atom is -0.474 e. The van der Waals surface area contributed by atoms with Gasteiger partial charge in [-0.1, -0.05) is 0 Å². The Balaban J connectivity index is 1.86. The first-order chi connectivity index (χ1) is 8.24. The zero-order chi connectivity index (χ0) is 12.1. The molecule has 2 N–H and O–H groups in total. The van der Waals surface area contributed by atoms with Crippen molar-refractivity contribution in [1.82, 2.24) is 15.3 Å². The molecule has 0 radical (unpaired) electrons. The third-order valence-electron chi connectivity index (χ3n) is 2.70. The molecule has 1 aliphatic heterocycles. The molecule has 0 saturated carbocycles. The SMILES string of the molecule is CC(C)Oc1cncc(NCC2CCNC2)n1. The number of hydrogen-bond donors (Lipinski definition) is 2. The van der Waals surface area contributed by atoms with E-state index in [2.05, 4.69) is 20.6 Å². The van der Waals surface area contributed by atoms with Crippen LogP contribution >= 0.6 is 0 Å². The van der Waals surface area contributed by atoms with Crippen LogP contribution in [0.1, 0.15) is 20.3 Å². The first-order valence-electron chi connectivity index (χ1n) is 6.17. The summed E-state index contributed by atoms with van der Waals surface area (Å²) in [5, 5.41) is 6.65. The molecule has 2 rings (SSSR count). The van der Waals surface area contributed by atoms with Crippen molar-refractivity contribution in [3.05, 3.63) is 12.4 Å². The fourth-order valence-corrected chi connectivity index (χ4v) is 1.87. The fraction of sp³-hybridized carbons (Fsp3) is 0.667. The molecule has 1 atom stereocenters. The fourth-order valence-electron chi connectivity index (χ4n) is 1.87. The lowest BCUT2D eigenvalue weighted by molar-refractivity contribution is 0.232. The summed E-state index contributed by atoms with van der Waals surface area (Å²) in [7, 11) is 0. The standard InChI is InChI=1S/C12H20N4O/c1-9(2)17-12-8-14-7-11(16-12)15-6-10-3-4-13-5-10/h7-10,13H,3-6H2,1-2H3,(H,15,16). The number of aromatic nitrogens is 2. The van der Waals surface area contributed by atoms with E-state index in [1.165, 1.54) is 6.42 Å². The van der Waals surface area contributed by atoms with Gasteiger partial charge in [0.1, 0.15) is 5.82 Å². The van der Waals surface area contributed by atoms with E-state index in [0.29, 0.717) is 11.8 Å². The number of hydrogen-bond acceptors (Lipinski definition) is 5. The Morgan fingerprint density at radius 3 is 3.12 bits per heavy atom. The summed E-state index contributed by atoms with van der Waals surface area (Å²) in [6, 6.07) is 0. The summed E-state index contributed by atoms with van der Waals surface area (Å²) in [5.74, 6) is 2.05. The van der Waals surface area contributed by atoms with Gasteiger partial charge >= 0.3 is 0 Å². The van der Waals surface area contributed by atoms with Crippen LogP contribution in [0.15, 0.2) is 12.4 Å². The predicted octanol–water partition coefficient (Wildman–Crippen LogP) is 1.29. The van der Waals surface area contributed by atoms with Gasteiger partial charge in [-0.25, -0.2) is 0 Å². The van der Waals surface area contributed by atoms with Crippen LogP contribution in [0.2, 0.25) is 0 Å². The van der Waals surface area contributed by atoms with Gasteiger partial charge in [0.2, 0.25) is 5.88 Å². The first kappa shape index (κ1) is 12.1. The average Bonchev–Trinajstić information content (AvgIpc) is 2.79. The molecule has 0 aromatic carbocycles. The van der Waals surface area contributed by atoms with Crippen molar-refractivity contribution in [1.29, 1.82) is 0 Å². The third kappa shape index (κ3) is 3.85. The number of nitrogens with zero attached hydrogens (tertiary/aromatic N) is 2. The minimum atomic E-state index is 0.124. The van der Waals surface area contributed by atoms with Crippen LogP contribution in [0.4, 0.5) is 5.82 Å². The summed E-state index contributed by atoms with van der Waals surface area (Å²) in [6.07, 6.45) is 4.72. The van der Waals surface area contributed by atoms with E-state index in [9.17, 15) is 0 Å². The molecule has 0 spiro atoms. The molecule has 1 aromatic rings. The van der Waals surface area contributed by atoms with Crippen molar-refractivity contribution < 1.29 is 4.74 Å². The topological polar surface area (TPSA) is 59.1 Å². The normalized spacial score (nSPS) is 19.6. The van der Waals surface area contributed by atoms with Gasteiger partial charge in [-0.05, 0) is 39.3 Å². The van der Waals surface area contributed by atoms with E-state index in [1.54, 1.807) is 12.4 Å². The van der Waals surface area contributed by atoms with Gasteiger partial charge < -0.3 is 15.4 Å². The van der Waals surface area contributed by atoms with Crippen LogP contribution in [-0.2, 0) is 0 Å². The maximum Gasteiger partial charge on any atom is 0.234 e. The Kier molecular flexibility index (Phi) is 4.14.